The molecule has 0 saturated heterocycles. The van der Waals surface area contributed by atoms with Gasteiger partial charge >= 0.3 is 17.7 Å². The third-order valence-electron chi connectivity index (χ3n) is 3.99. The van der Waals surface area contributed by atoms with Crippen LogP contribution >= 0.6 is 0 Å². The number of hydrogen-bond acceptors (Lipinski definition) is 6. The van der Waals surface area contributed by atoms with E-state index in [0.717, 1.165) is 17.9 Å². The van der Waals surface area contributed by atoms with Crippen molar-refractivity contribution in [1.29, 1.82) is 0 Å². The summed E-state index contributed by atoms with van der Waals surface area (Å²) >= 11 is 0. The zero-order valence-corrected chi connectivity index (χ0v) is 13.1. The van der Waals surface area contributed by atoms with Crippen LogP contribution in [0.5, 0.6) is 0 Å². The Morgan fingerprint density at radius 1 is 1.08 bits per heavy atom. The van der Waals surface area contributed by atoms with Gasteiger partial charge in [-0.15, -0.1) is 0 Å². The molecule has 2 atom stereocenters. The minimum Gasteiger partial charge on any atom is -0.468 e. The van der Waals surface area contributed by atoms with Gasteiger partial charge in [-0.1, -0.05) is 42.5 Å². The Hall–Kier alpha value is -3.09. The van der Waals surface area contributed by atoms with Crippen molar-refractivity contribution >= 4 is 28.4 Å². The molecule has 0 aromatic heterocycles. The van der Waals surface area contributed by atoms with Crippen molar-refractivity contribution in [3.8, 4) is 0 Å². The van der Waals surface area contributed by atoms with Crippen LogP contribution in [0.15, 0.2) is 42.5 Å². The number of rotatable bonds is 3. The predicted molar refractivity (Wildman–Crippen MR) is 84.2 cm³/mol. The van der Waals surface area contributed by atoms with Crippen molar-refractivity contribution in [2.75, 3.05) is 14.2 Å². The molecular formula is C17H15NO6. The zero-order valence-electron chi connectivity index (χ0n) is 13.1. The zero-order chi connectivity index (χ0) is 17.3. The third kappa shape index (κ3) is 2.44. The van der Waals surface area contributed by atoms with Gasteiger partial charge in [0, 0.05) is 0 Å². The molecule has 3 rings (SSSR count). The van der Waals surface area contributed by atoms with Crippen LogP contribution in [0, 0.1) is 5.21 Å². The van der Waals surface area contributed by atoms with Crippen LogP contribution < -0.4 is 0 Å². The maximum atomic E-state index is 12.1. The molecule has 0 radical (unpaired) electrons. The molecule has 0 aliphatic carbocycles. The molecule has 0 amide bonds. The minimum absolute atomic E-state index is 0.0415. The second kappa shape index (κ2) is 6.19. The monoisotopic (exact) mass is 329 g/mol. The lowest BCUT2D eigenvalue weighted by Gasteiger charge is -2.18. The SMILES string of the molecule is COC(=O)C1=[N+]([O-])O[C@@H](C(=O)OC)[C@@H]1c1cccc2ccccc12. The Morgan fingerprint density at radius 2 is 1.79 bits per heavy atom. The molecule has 7 nitrogen and oxygen atoms in total. The normalized spacial score (nSPS) is 19.9. The summed E-state index contributed by atoms with van der Waals surface area (Å²) in [6.07, 6.45) is -1.26. The molecule has 0 fully saturated rings. The fourth-order valence-electron chi connectivity index (χ4n) is 2.91. The summed E-state index contributed by atoms with van der Waals surface area (Å²) in [6, 6.07) is 12.9. The summed E-state index contributed by atoms with van der Waals surface area (Å²) in [5.41, 5.74) is 0.325. The van der Waals surface area contributed by atoms with Gasteiger partial charge < -0.3 is 14.3 Å². The van der Waals surface area contributed by atoms with Crippen molar-refractivity contribution in [1.82, 2.24) is 0 Å². The van der Waals surface area contributed by atoms with Gasteiger partial charge in [0.05, 0.1) is 19.1 Å². The number of ether oxygens (including phenoxy) is 2. The fraction of sp³-hybridized carbons (Fsp3) is 0.235. The van der Waals surface area contributed by atoms with E-state index in [9.17, 15) is 14.8 Å². The Balaban J connectivity index is 2.21. The molecule has 0 N–H and O–H groups in total. The first kappa shape index (κ1) is 15.8. The van der Waals surface area contributed by atoms with Crippen molar-refractivity contribution < 1.29 is 28.8 Å². The Labute approximate surface area is 137 Å². The molecule has 0 unspecified atom stereocenters. The van der Waals surface area contributed by atoms with Gasteiger partial charge in [-0.3, -0.25) is 10.0 Å². The van der Waals surface area contributed by atoms with Gasteiger partial charge in [0.1, 0.15) is 5.92 Å². The number of fused-ring (bicyclic) bond motifs is 1. The number of esters is 2. The van der Waals surface area contributed by atoms with Gasteiger partial charge in [-0.05, 0) is 16.3 Å². The van der Waals surface area contributed by atoms with E-state index >= 15 is 0 Å². The molecule has 0 saturated carbocycles. The average Bonchev–Trinajstić information content (AvgIpc) is 2.96. The van der Waals surface area contributed by atoms with Gasteiger partial charge in [0.2, 0.25) is 0 Å². The van der Waals surface area contributed by atoms with Gasteiger partial charge in [-0.2, -0.15) is 0 Å². The molecular weight excluding hydrogens is 314 g/mol. The highest BCUT2D eigenvalue weighted by Crippen LogP contribution is 2.34. The fourth-order valence-corrected chi connectivity index (χ4v) is 2.91. The van der Waals surface area contributed by atoms with Crippen LogP contribution in [-0.4, -0.2) is 42.9 Å². The highest BCUT2D eigenvalue weighted by atomic mass is 16.9. The van der Waals surface area contributed by atoms with E-state index in [2.05, 4.69) is 4.74 Å². The Kier molecular flexibility index (Phi) is 4.07. The van der Waals surface area contributed by atoms with Gasteiger partial charge in [0.15, 0.2) is 6.10 Å². The third-order valence-corrected chi connectivity index (χ3v) is 3.99. The molecule has 1 aliphatic rings. The predicted octanol–water partition coefficient (Wildman–Crippen LogP) is 1.53. The summed E-state index contributed by atoms with van der Waals surface area (Å²) < 4.78 is 9.39. The minimum atomic E-state index is -1.26. The molecule has 2 aromatic carbocycles. The summed E-state index contributed by atoms with van der Waals surface area (Å²) in [5, 5.41) is 13.8. The molecule has 0 spiro atoms. The van der Waals surface area contributed by atoms with Crippen LogP contribution in [0.4, 0.5) is 0 Å². The number of carbonyl (C=O) groups excluding carboxylic acids is 2. The lowest BCUT2D eigenvalue weighted by Crippen LogP contribution is -2.33. The van der Waals surface area contributed by atoms with E-state index in [4.69, 9.17) is 9.57 Å². The summed E-state index contributed by atoms with van der Waals surface area (Å²) in [7, 11) is 2.35. The average molecular weight is 329 g/mol. The second-order valence-corrected chi connectivity index (χ2v) is 5.23. The second-order valence-electron chi connectivity index (χ2n) is 5.23. The number of methoxy groups -OCH3 is 2. The molecule has 0 bridgehead atoms. The first-order valence-corrected chi connectivity index (χ1v) is 7.23. The molecule has 1 aliphatic heterocycles. The van der Waals surface area contributed by atoms with Crippen LogP contribution in [0.25, 0.3) is 10.8 Å². The number of hydrogen-bond donors (Lipinski definition) is 0. The first-order chi connectivity index (χ1) is 11.6. The summed E-state index contributed by atoms with van der Waals surface area (Å²) in [5.74, 6) is -2.52. The molecule has 24 heavy (non-hydrogen) atoms. The lowest BCUT2D eigenvalue weighted by molar-refractivity contribution is -0.736. The van der Waals surface area contributed by atoms with Gasteiger partial charge in [0.25, 0.3) is 0 Å². The summed E-state index contributed by atoms with van der Waals surface area (Å²) in [6.45, 7) is 0. The number of benzene rings is 2. The summed E-state index contributed by atoms with van der Waals surface area (Å²) in [4.78, 5) is 29.2. The van der Waals surface area contributed by atoms with Crippen LogP contribution in [-0.2, 0) is 23.9 Å². The van der Waals surface area contributed by atoms with Gasteiger partial charge in [-0.25, -0.2) is 4.79 Å². The quantitative estimate of drug-likeness (QED) is 0.627. The largest absolute Gasteiger partial charge is 0.468 e. The highest BCUT2D eigenvalue weighted by Gasteiger charge is 2.50. The van der Waals surface area contributed by atoms with Crippen molar-refractivity contribution in [3.63, 3.8) is 0 Å². The molecule has 1 heterocycles. The van der Waals surface area contributed by atoms with E-state index in [1.165, 1.54) is 7.11 Å². The number of carbonyl (C=O) groups is 2. The van der Waals surface area contributed by atoms with Crippen molar-refractivity contribution in [3.05, 3.63) is 53.2 Å². The topological polar surface area (TPSA) is 87.9 Å². The van der Waals surface area contributed by atoms with E-state index in [0.29, 0.717) is 5.56 Å². The van der Waals surface area contributed by atoms with Crippen molar-refractivity contribution in [2.24, 2.45) is 0 Å². The lowest BCUT2D eigenvalue weighted by atomic mass is 9.86. The molecule has 7 heteroatoms. The first-order valence-electron chi connectivity index (χ1n) is 7.23. The molecule has 124 valence electrons. The van der Waals surface area contributed by atoms with Crippen LogP contribution in [0.3, 0.4) is 0 Å². The standard InChI is InChI=1S/C17H15NO6/c1-22-16(19)14-13(15(17(20)23-2)24-18(14)21)12-9-5-7-10-6-3-4-8-11(10)12/h3-9,13,15H,1-2H3/t13-,15-/m1/s1. The smallest absolute Gasteiger partial charge is 0.405 e. The Bertz CT molecular complexity index is 839. The van der Waals surface area contributed by atoms with E-state index < -0.39 is 24.0 Å². The van der Waals surface area contributed by atoms with Crippen LogP contribution in [0.1, 0.15) is 11.5 Å². The maximum Gasteiger partial charge on any atom is 0.405 e. The van der Waals surface area contributed by atoms with E-state index in [1.54, 1.807) is 12.1 Å². The van der Waals surface area contributed by atoms with E-state index in [1.807, 2.05) is 30.3 Å². The molecule has 2 aromatic rings. The Morgan fingerprint density at radius 3 is 2.50 bits per heavy atom. The number of nitrogens with zero attached hydrogens (tertiary/aromatic N) is 1. The van der Waals surface area contributed by atoms with E-state index in [-0.39, 0.29) is 10.6 Å². The maximum absolute atomic E-state index is 12.1. The van der Waals surface area contributed by atoms with Crippen molar-refractivity contribution in [2.45, 2.75) is 12.0 Å². The highest BCUT2D eigenvalue weighted by molar-refractivity contribution is 6.37. The van der Waals surface area contributed by atoms with Crippen LogP contribution in [0.2, 0.25) is 0 Å².